The smallest absolute Gasteiger partial charge is 0.354 e. The third kappa shape index (κ3) is 8.08. The van der Waals surface area contributed by atoms with Crippen LogP contribution in [0.2, 0.25) is 0 Å². The summed E-state index contributed by atoms with van der Waals surface area (Å²) in [6.07, 6.45) is 0. The van der Waals surface area contributed by atoms with Crippen LogP contribution in [0, 0.1) is 13.8 Å². The van der Waals surface area contributed by atoms with Gasteiger partial charge in [0.05, 0.1) is 16.6 Å². The number of aromatic carboxylic acids is 3. The van der Waals surface area contributed by atoms with Crippen molar-refractivity contribution < 1.29 is 29.7 Å². The first kappa shape index (κ1) is 31.6. The van der Waals surface area contributed by atoms with Crippen molar-refractivity contribution in [3.8, 4) is 0 Å². The van der Waals surface area contributed by atoms with Gasteiger partial charge in [-0.15, -0.1) is 0 Å². The fraction of sp³-hybridized carbons (Fsp3) is 0.0909. The number of anilines is 1. The van der Waals surface area contributed by atoms with Crippen molar-refractivity contribution in [2.45, 2.75) is 21.3 Å². The number of carbonyl (C=O) groups is 3. The van der Waals surface area contributed by atoms with Crippen LogP contribution in [0.4, 0.5) is 5.69 Å². The van der Waals surface area contributed by atoms with Crippen molar-refractivity contribution in [3.63, 3.8) is 0 Å². The number of benzene rings is 3. The Hall–Kier alpha value is -5.90. The highest BCUT2D eigenvalue weighted by Crippen LogP contribution is 2.17. The number of fused-ring (bicyclic) bond motifs is 3. The lowest BCUT2D eigenvalue weighted by Crippen LogP contribution is -1.99. The van der Waals surface area contributed by atoms with Crippen LogP contribution in [0.25, 0.3) is 32.7 Å². The Kier molecular flexibility index (Phi) is 10.0. The second-order valence-electron chi connectivity index (χ2n) is 9.35. The number of aryl methyl sites for hydroxylation is 2. The lowest BCUT2D eigenvalue weighted by Gasteiger charge is -1.99. The Balaban J connectivity index is 0.000000175. The van der Waals surface area contributed by atoms with E-state index in [0.717, 1.165) is 38.3 Å². The summed E-state index contributed by atoms with van der Waals surface area (Å²) >= 11 is 0. The van der Waals surface area contributed by atoms with Crippen LogP contribution in [-0.2, 0) is 0 Å². The Labute approximate surface area is 247 Å². The number of carboxylic acid groups (broad SMARTS) is 3. The van der Waals surface area contributed by atoms with Crippen molar-refractivity contribution in [2.24, 2.45) is 0 Å². The number of nitrogens with zero attached hydrogens (tertiary/aromatic N) is 3. The number of hydrogen-bond donors (Lipinski definition) is 4. The number of nitrogens with two attached hydrogens (primary N) is 1. The minimum atomic E-state index is -1.03. The highest BCUT2D eigenvalue weighted by molar-refractivity contribution is 5.91. The molecule has 0 aliphatic carbocycles. The van der Waals surface area contributed by atoms with Crippen molar-refractivity contribution in [1.82, 2.24) is 15.0 Å². The maximum atomic E-state index is 10.7. The Morgan fingerprint density at radius 2 is 0.814 bits per heavy atom. The molecule has 10 nitrogen and oxygen atoms in total. The number of aromatic nitrogens is 3. The molecule has 218 valence electrons. The highest BCUT2D eigenvalue weighted by Gasteiger charge is 2.07. The largest absolute Gasteiger partial charge is 0.477 e. The normalized spacial score (nSPS) is 10.1. The summed E-state index contributed by atoms with van der Waals surface area (Å²) in [5.41, 5.74) is 10.6. The van der Waals surface area contributed by atoms with E-state index in [4.69, 9.17) is 21.1 Å². The maximum absolute atomic E-state index is 10.7. The minimum absolute atomic E-state index is 0. The van der Waals surface area contributed by atoms with Crippen LogP contribution >= 0.6 is 0 Å². The fourth-order valence-corrected chi connectivity index (χ4v) is 3.95. The third-order valence-electron chi connectivity index (χ3n) is 6.07. The molecule has 0 radical (unpaired) electrons. The summed E-state index contributed by atoms with van der Waals surface area (Å²) < 4.78 is 0. The molecular weight excluding hydrogens is 548 g/mol. The van der Waals surface area contributed by atoms with E-state index in [1.807, 2.05) is 56.3 Å². The maximum Gasteiger partial charge on any atom is 0.354 e. The van der Waals surface area contributed by atoms with Crippen LogP contribution in [0.3, 0.4) is 0 Å². The second-order valence-corrected chi connectivity index (χ2v) is 9.35. The van der Waals surface area contributed by atoms with E-state index in [-0.39, 0.29) is 24.5 Å². The van der Waals surface area contributed by atoms with Crippen LogP contribution in [0.5, 0.6) is 0 Å². The molecule has 0 saturated heterocycles. The first-order valence-electron chi connectivity index (χ1n) is 12.6. The Morgan fingerprint density at radius 1 is 0.512 bits per heavy atom. The monoisotopic (exact) mass is 578 g/mol. The molecule has 10 heteroatoms. The van der Waals surface area contributed by atoms with E-state index in [2.05, 4.69) is 15.0 Å². The van der Waals surface area contributed by atoms with E-state index in [0.29, 0.717) is 11.2 Å². The van der Waals surface area contributed by atoms with Gasteiger partial charge in [-0.05, 0) is 67.4 Å². The molecule has 0 atom stereocenters. The lowest BCUT2D eigenvalue weighted by atomic mass is 10.1. The van der Waals surface area contributed by atoms with Gasteiger partial charge in [0, 0.05) is 21.8 Å². The van der Waals surface area contributed by atoms with E-state index >= 15 is 0 Å². The molecule has 0 fully saturated rings. The van der Waals surface area contributed by atoms with Gasteiger partial charge >= 0.3 is 17.9 Å². The number of hydrogen-bond acceptors (Lipinski definition) is 7. The molecule has 3 heterocycles. The van der Waals surface area contributed by atoms with E-state index in [1.165, 1.54) is 18.2 Å². The van der Waals surface area contributed by atoms with Crippen LogP contribution < -0.4 is 5.73 Å². The van der Waals surface area contributed by atoms with E-state index in [1.54, 1.807) is 30.3 Å². The standard InChI is InChI=1S/2C11H9NO2.C10H8N2O2.CH4/c2*1-7-2-3-8-4-5-9(11(13)14)12-10(8)6-7;11-7-3-1-6-2-4-8(10(13)14)12-9(6)5-7;/h2*2-6H,1H3,(H,13,14);1-5H,11H2,(H,13,14);1H4. The first-order valence-corrected chi connectivity index (χ1v) is 12.6. The highest BCUT2D eigenvalue weighted by atomic mass is 16.4. The van der Waals surface area contributed by atoms with Gasteiger partial charge < -0.3 is 21.1 Å². The van der Waals surface area contributed by atoms with Crippen LogP contribution in [0.15, 0.2) is 91.0 Å². The molecule has 0 aliphatic rings. The molecule has 3 aromatic carbocycles. The van der Waals surface area contributed by atoms with Gasteiger partial charge in [0.2, 0.25) is 0 Å². The van der Waals surface area contributed by atoms with Crippen LogP contribution in [0.1, 0.15) is 50.0 Å². The molecule has 5 N–H and O–H groups in total. The predicted octanol–water partition coefficient (Wildman–Crippen LogP) is 6.63. The van der Waals surface area contributed by atoms with Crippen LogP contribution in [-0.4, -0.2) is 48.2 Å². The Bertz CT molecular complexity index is 1750. The number of nitrogen functional groups attached to an aromatic ring is 1. The topological polar surface area (TPSA) is 177 Å². The van der Waals surface area contributed by atoms with Crippen molar-refractivity contribution in [3.05, 3.63) is 119 Å². The summed E-state index contributed by atoms with van der Waals surface area (Å²) in [6, 6.07) is 26.5. The molecular formula is C33H30N4O6. The van der Waals surface area contributed by atoms with Gasteiger partial charge in [-0.1, -0.05) is 56.0 Å². The van der Waals surface area contributed by atoms with Crippen molar-refractivity contribution >= 4 is 56.3 Å². The molecule has 6 rings (SSSR count). The van der Waals surface area contributed by atoms with Crippen molar-refractivity contribution in [2.75, 3.05) is 5.73 Å². The molecule has 0 bridgehead atoms. The molecule has 0 amide bonds. The molecule has 6 aromatic rings. The fourth-order valence-electron chi connectivity index (χ4n) is 3.95. The zero-order valence-electron chi connectivity index (χ0n) is 22.6. The molecule has 0 aliphatic heterocycles. The van der Waals surface area contributed by atoms with Crippen molar-refractivity contribution in [1.29, 1.82) is 0 Å². The number of carboxylic acids is 3. The quantitative estimate of drug-likeness (QED) is 0.167. The zero-order valence-corrected chi connectivity index (χ0v) is 22.6. The first-order chi connectivity index (χ1) is 20.0. The minimum Gasteiger partial charge on any atom is -0.477 e. The average Bonchev–Trinajstić information content (AvgIpc) is 2.96. The molecule has 0 unspecified atom stereocenters. The summed E-state index contributed by atoms with van der Waals surface area (Å²) in [4.78, 5) is 44.0. The van der Waals surface area contributed by atoms with E-state index < -0.39 is 17.9 Å². The van der Waals surface area contributed by atoms with Gasteiger partial charge in [-0.25, -0.2) is 29.3 Å². The van der Waals surface area contributed by atoms with Gasteiger partial charge in [0.15, 0.2) is 0 Å². The molecule has 3 aromatic heterocycles. The van der Waals surface area contributed by atoms with Gasteiger partial charge in [-0.3, -0.25) is 0 Å². The summed E-state index contributed by atoms with van der Waals surface area (Å²) in [7, 11) is 0. The zero-order chi connectivity index (χ0) is 30.4. The number of rotatable bonds is 3. The SMILES string of the molecule is C.Cc1ccc2ccc(C(=O)O)nc2c1.Cc1ccc2ccc(C(=O)O)nc2c1.Nc1ccc2ccc(C(=O)O)nc2c1. The number of pyridine rings is 3. The summed E-state index contributed by atoms with van der Waals surface area (Å²) in [6.45, 7) is 3.91. The predicted molar refractivity (Wildman–Crippen MR) is 167 cm³/mol. The second kappa shape index (κ2) is 13.6. The molecule has 0 saturated carbocycles. The molecule has 0 spiro atoms. The van der Waals surface area contributed by atoms with Gasteiger partial charge in [0.1, 0.15) is 17.1 Å². The average molecular weight is 579 g/mol. The third-order valence-corrected chi connectivity index (χ3v) is 6.07. The van der Waals surface area contributed by atoms with Gasteiger partial charge in [-0.2, -0.15) is 0 Å². The molecule has 43 heavy (non-hydrogen) atoms. The van der Waals surface area contributed by atoms with Gasteiger partial charge in [0.25, 0.3) is 0 Å². The lowest BCUT2D eigenvalue weighted by molar-refractivity contribution is 0.0680. The van der Waals surface area contributed by atoms with E-state index in [9.17, 15) is 14.4 Å². The summed E-state index contributed by atoms with van der Waals surface area (Å²) in [5.74, 6) is -3.02. The summed E-state index contributed by atoms with van der Waals surface area (Å²) in [5, 5.41) is 29.0. The Morgan fingerprint density at radius 3 is 1.16 bits per heavy atom.